The van der Waals surface area contributed by atoms with Gasteiger partial charge in [0.15, 0.2) is 10.8 Å². The maximum atomic E-state index is 11.9. The van der Waals surface area contributed by atoms with Gasteiger partial charge in [0.1, 0.15) is 0 Å². The minimum Gasteiger partial charge on any atom is -0.461 e. The molecule has 1 aromatic heterocycles. The quantitative estimate of drug-likeness (QED) is 0.633. The predicted molar refractivity (Wildman–Crippen MR) is 92.8 cm³/mol. The first-order valence-electron chi connectivity index (χ1n) is 7.32. The number of rotatable bonds is 5. The lowest BCUT2D eigenvalue weighted by molar-refractivity contribution is 0.0520. The van der Waals surface area contributed by atoms with Gasteiger partial charge in [-0.3, -0.25) is 4.90 Å². The molecule has 116 valence electrons. The van der Waals surface area contributed by atoms with E-state index >= 15 is 0 Å². The Morgan fingerprint density at radius 3 is 2.13 bits per heavy atom. The summed E-state index contributed by atoms with van der Waals surface area (Å²) in [6, 6.07) is 19.9. The van der Waals surface area contributed by atoms with Gasteiger partial charge in [-0.25, -0.2) is 9.78 Å². The third kappa shape index (κ3) is 3.40. The summed E-state index contributed by atoms with van der Waals surface area (Å²) in [5.41, 5.74) is 2.32. The van der Waals surface area contributed by atoms with Gasteiger partial charge in [0.05, 0.1) is 6.61 Å². The molecule has 0 aliphatic rings. The van der Waals surface area contributed by atoms with Gasteiger partial charge >= 0.3 is 5.97 Å². The number of anilines is 3. The van der Waals surface area contributed by atoms with Gasteiger partial charge in [0, 0.05) is 16.8 Å². The molecule has 0 saturated carbocycles. The van der Waals surface area contributed by atoms with E-state index in [2.05, 4.69) is 4.98 Å². The van der Waals surface area contributed by atoms with Gasteiger partial charge < -0.3 is 4.74 Å². The number of carbonyl (C=O) groups excluding carboxylic acids is 1. The molecule has 0 aliphatic heterocycles. The second kappa shape index (κ2) is 7.07. The van der Waals surface area contributed by atoms with E-state index in [9.17, 15) is 4.79 Å². The average Bonchev–Trinajstić information content (AvgIpc) is 3.07. The Labute approximate surface area is 139 Å². The zero-order valence-electron chi connectivity index (χ0n) is 12.7. The average molecular weight is 324 g/mol. The fourth-order valence-corrected chi connectivity index (χ4v) is 3.02. The number of benzene rings is 2. The molecule has 0 aliphatic carbocycles. The Bertz CT molecular complexity index is 732. The van der Waals surface area contributed by atoms with E-state index in [1.54, 1.807) is 12.3 Å². The lowest BCUT2D eigenvalue weighted by Gasteiger charge is -2.22. The van der Waals surface area contributed by atoms with Crippen LogP contribution in [0.1, 0.15) is 17.4 Å². The minimum atomic E-state index is -0.393. The monoisotopic (exact) mass is 324 g/mol. The van der Waals surface area contributed by atoms with Crippen molar-refractivity contribution >= 4 is 33.8 Å². The molecule has 5 heteroatoms. The maximum Gasteiger partial charge on any atom is 0.357 e. The van der Waals surface area contributed by atoms with Crippen LogP contribution in [-0.2, 0) is 4.74 Å². The number of aromatic nitrogens is 1. The van der Waals surface area contributed by atoms with Crippen molar-refractivity contribution in [1.82, 2.24) is 4.98 Å². The fraction of sp³-hybridized carbons (Fsp3) is 0.111. The smallest absolute Gasteiger partial charge is 0.357 e. The third-order valence-electron chi connectivity index (χ3n) is 3.20. The number of esters is 1. The zero-order valence-corrected chi connectivity index (χ0v) is 13.5. The Morgan fingerprint density at radius 2 is 1.61 bits per heavy atom. The van der Waals surface area contributed by atoms with Gasteiger partial charge in [-0.05, 0) is 31.2 Å². The van der Waals surface area contributed by atoms with E-state index in [1.165, 1.54) is 11.3 Å². The molecule has 0 bridgehead atoms. The molecule has 23 heavy (non-hydrogen) atoms. The van der Waals surface area contributed by atoms with E-state index in [4.69, 9.17) is 4.74 Å². The molecule has 4 nitrogen and oxygen atoms in total. The standard InChI is InChI=1S/C18H16N2O2S/c1-2-22-17(21)16-13-23-18(19-16)20(14-9-5-3-6-10-14)15-11-7-4-8-12-15/h3-13H,2H2,1H3. The van der Waals surface area contributed by atoms with Gasteiger partial charge in [-0.2, -0.15) is 0 Å². The molecule has 0 spiro atoms. The van der Waals surface area contributed by atoms with Gasteiger partial charge in [-0.15, -0.1) is 11.3 Å². The van der Waals surface area contributed by atoms with Crippen molar-refractivity contribution in [3.63, 3.8) is 0 Å². The van der Waals surface area contributed by atoms with Crippen LogP contribution < -0.4 is 4.90 Å². The van der Waals surface area contributed by atoms with Crippen molar-refractivity contribution in [3.05, 3.63) is 71.7 Å². The number of ether oxygens (including phenoxy) is 1. The van der Waals surface area contributed by atoms with Gasteiger partial charge in [0.25, 0.3) is 0 Å². The summed E-state index contributed by atoms with van der Waals surface area (Å²) in [4.78, 5) is 18.3. The summed E-state index contributed by atoms with van der Waals surface area (Å²) in [5.74, 6) is -0.393. The number of thiazole rings is 1. The van der Waals surface area contributed by atoms with E-state index in [0.717, 1.165) is 16.5 Å². The second-order valence-corrected chi connectivity index (χ2v) is 5.58. The molecule has 0 N–H and O–H groups in total. The van der Waals surface area contributed by atoms with Crippen LogP contribution in [-0.4, -0.2) is 17.6 Å². The van der Waals surface area contributed by atoms with Crippen molar-refractivity contribution < 1.29 is 9.53 Å². The molecule has 0 atom stereocenters. The lowest BCUT2D eigenvalue weighted by Crippen LogP contribution is -2.10. The van der Waals surface area contributed by atoms with Crippen molar-refractivity contribution in [2.75, 3.05) is 11.5 Å². The third-order valence-corrected chi connectivity index (χ3v) is 4.02. The molecule has 1 heterocycles. The van der Waals surface area contributed by atoms with E-state index < -0.39 is 5.97 Å². The van der Waals surface area contributed by atoms with Crippen LogP contribution in [0.2, 0.25) is 0 Å². The normalized spacial score (nSPS) is 10.3. The van der Waals surface area contributed by atoms with Crippen molar-refractivity contribution in [2.45, 2.75) is 6.92 Å². The van der Waals surface area contributed by atoms with Gasteiger partial charge in [0.2, 0.25) is 0 Å². The Morgan fingerprint density at radius 1 is 1.04 bits per heavy atom. The highest BCUT2D eigenvalue weighted by molar-refractivity contribution is 7.14. The number of para-hydroxylation sites is 2. The van der Waals surface area contributed by atoms with Gasteiger partial charge in [-0.1, -0.05) is 36.4 Å². The number of nitrogens with zero attached hydrogens (tertiary/aromatic N) is 2. The molecule has 0 radical (unpaired) electrons. The van der Waals surface area contributed by atoms with Crippen LogP contribution in [0.4, 0.5) is 16.5 Å². The highest BCUT2D eigenvalue weighted by Crippen LogP contribution is 2.35. The summed E-state index contributed by atoms with van der Waals surface area (Å²) in [6.45, 7) is 2.12. The Kier molecular flexibility index (Phi) is 4.68. The fourth-order valence-electron chi connectivity index (χ4n) is 2.19. The van der Waals surface area contributed by atoms with Crippen LogP contribution in [0, 0.1) is 0 Å². The van der Waals surface area contributed by atoms with Crippen LogP contribution in [0.15, 0.2) is 66.0 Å². The summed E-state index contributed by atoms with van der Waals surface area (Å²) < 4.78 is 5.02. The van der Waals surface area contributed by atoms with Crippen molar-refractivity contribution in [1.29, 1.82) is 0 Å². The zero-order chi connectivity index (χ0) is 16.1. The van der Waals surface area contributed by atoms with Crippen LogP contribution >= 0.6 is 11.3 Å². The Balaban J connectivity index is 2.01. The second-order valence-electron chi connectivity index (χ2n) is 4.74. The Hall–Kier alpha value is -2.66. The van der Waals surface area contributed by atoms with E-state index in [-0.39, 0.29) is 0 Å². The maximum absolute atomic E-state index is 11.9. The van der Waals surface area contributed by atoms with Crippen molar-refractivity contribution in [2.24, 2.45) is 0 Å². The number of hydrogen-bond acceptors (Lipinski definition) is 5. The first kappa shape index (κ1) is 15.2. The van der Waals surface area contributed by atoms with E-state index in [0.29, 0.717) is 12.3 Å². The largest absolute Gasteiger partial charge is 0.461 e. The first-order valence-corrected chi connectivity index (χ1v) is 8.20. The number of hydrogen-bond donors (Lipinski definition) is 0. The highest BCUT2D eigenvalue weighted by Gasteiger charge is 2.18. The molecular weight excluding hydrogens is 308 g/mol. The molecule has 0 saturated heterocycles. The summed E-state index contributed by atoms with van der Waals surface area (Å²) in [6.07, 6.45) is 0. The van der Waals surface area contributed by atoms with Crippen LogP contribution in [0.5, 0.6) is 0 Å². The molecule has 0 fully saturated rings. The van der Waals surface area contributed by atoms with E-state index in [1.807, 2.05) is 65.6 Å². The summed E-state index contributed by atoms with van der Waals surface area (Å²) in [5, 5.41) is 2.46. The lowest BCUT2D eigenvalue weighted by atomic mass is 10.2. The molecule has 0 unspecified atom stereocenters. The summed E-state index contributed by atoms with van der Waals surface area (Å²) >= 11 is 1.42. The highest BCUT2D eigenvalue weighted by atomic mass is 32.1. The number of carbonyl (C=O) groups is 1. The summed E-state index contributed by atoms with van der Waals surface area (Å²) in [7, 11) is 0. The first-order chi connectivity index (χ1) is 11.3. The molecule has 0 amide bonds. The van der Waals surface area contributed by atoms with Crippen LogP contribution in [0.3, 0.4) is 0 Å². The molecular formula is C18H16N2O2S. The SMILES string of the molecule is CCOC(=O)c1csc(N(c2ccccc2)c2ccccc2)n1. The molecule has 3 rings (SSSR count). The minimum absolute atomic E-state index is 0.337. The van der Waals surface area contributed by atoms with Crippen LogP contribution in [0.25, 0.3) is 0 Å². The topological polar surface area (TPSA) is 42.4 Å². The predicted octanol–water partition coefficient (Wildman–Crippen LogP) is 4.79. The molecule has 2 aromatic carbocycles. The molecule has 3 aromatic rings. The van der Waals surface area contributed by atoms with Crippen molar-refractivity contribution in [3.8, 4) is 0 Å².